The minimum absolute atomic E-state index is 0.138. The summed E-state index contributed by atoms with van der Waals surface area (Å²) in [6.07, 6.45) is 0. The first-order chi connectivity index (χ1) is 5.04. The molecule has 0 atom stereocenters. The van der Waals surface area contributed by atoms with E-state index in [9.17, 15) is 0 Å². The molecular weight excluding hydrogens is 176 g/mol. The van der Waals surface area contributed by atoms with Crippen LogP contribution >= 0.6 is 24.2 Å². The molecule has 1 aromatic rings. The predicted octanol–water partition coefficient (Wildman–Crippen LogP) is 2.70. The molecule has 0 spiro atoms. The Kier molecular flexibility index (Phi) is 2.44. The van der Waals surface area contributed by atoms with Crippen molar-refractivity contribution in [1.82, 2.24) is 4.98 Å². The number of hydrogen-bond donors (Lipinski definition) is 2. The highest BCUT2D eigenvalue weighted by Gasteiger charge is 2.16. The van der Waals surface area contributed by atoms with Gasteiger partial charge in [-0.05, 0) is 0 Å². The van der Waals surface area contributed by atoms with Crippen molar-refractivity contribution in [2.75, 3.05) is 4.72 Å². The van der Waals surface area contributed by atoms with Gasteiger partial charge in [-0.25, -0.2) is 4.98 Å². The summed E-state index contributed by atoms with van der Waals surface area (Å²) < 4.78 is 2.72. The topological polar surface area (TPSA) is 24.9 Å². The molecule has 0 aromatic carbocycles. The molecule has 0 bridgehead atoms. The van der Waals surface area contributed by atoms with Crippen molar-refractivity contribution < 1.29 is 0 Å². The number of thiazole rings is 1. The summed E-state index contributed by atoms with van der Waals surface area (Å²) in [5, 5.41) is 2.91. The maximum Gasteiger partial charge on any atom is 0.192 e. The van der Waals surface area contributed by atoms with Crippen LogP contribution in [0.2, 0.25) is 0 Å². The van der Waals surface area contributed by atoms with Crippen LogP contribution in [0, 0.1) is 0 Å². The summed E-state index contributed by atoms with van der Waals surface area (Å²) in [7, 11) is 0. The van der Waals surface area contributed by atoms with Crippen LogP contribution < -0.4 is 4.72 Å². The molecule has 0 saturated carbocycles. The van der Waals surface area contributed by atoms with Crippen LogP contribution in [0.4, 0.5) is 5.13 Å². The van der Waals surface area contributed by atoms with Gasteiger partial charge in [0.05, 0.1) is 5.69 Å². The Morgan fingerprint density at radius 1 is 1.55 bits per heavy atom. The Morgan fingerprint density at radius 2 is 2.18 bits per heavy atom. The highest BCUT2D eigenvalue weighted by atomic mass is 32.1. The molecule has 1 aromatic heterocycles. The van der Waals surface area contributed by atoms with Crippen molar-refractivity contribution in [3.05, 3.63) is 11.1 Å². The summed E-state index contributed by atoms with van der Waals surface area (Å²) in [6.45, 7) is 6.43. The van der Waals surface area contributed by atoms with Crippen LogP contribution in [0.3, 0.4) is 0 Å². The van der Waals surface area contributed by atoms with E-state index < -0.39 is 0 Å². The van der Waals surface area contributed by atoms with Crippen molar-refractivity contribution in [3.63, 3.8) is 0 Å². The highest BCUT2D eigenvalue weighted by Crippen LogP contribution is 2.26. The quantitative estimate of drug-likeness (QED) is 0.662. The molecule has 0 unspecified atom stereocenters. The second kappa shape index (κ2) is 3.03. The van der Waals surface area contributed by atoms with Gasteiger partial charge in [0.25, 0.3) is 0 Å². The van der Waals surface area contributed by atoms with Crippen LogP contribution in [0.15, 0.2) is 5.38 Å². The van der Waals surface area contributed by atoms with Crippen LogP contribution in [0.1, 0.15) is 26.5 Å². The lowest BCUT2D eigenvalue weighted by Crippen LogP contribution is -2.11. The Bertz CT molecular complexity index is 237. The van der Waals surface area contributed by atoms with Crippen molar-refractivity contribution >= 4 is 29.3 Å². The average molecular weight is 188 g/mol. The van der Waals surface area contributed by atoms with Gasteiger partial charge in [-0.15, -0.1) is 11.3 Å². The molecule has 4 heteroatoms. The number of aromatic nitrogens is 1. The van der Waals surface area contributed by atoms with Gasteiger partial charge in [-0.2, -0.15) is 0 Å². The fraction of sp³-hybridized carbons (Fsp3) is 0.571. The van der Waals surface area contributed by atoms with E-state index in [0.717, 1.165) is 10.8 Å². The van der Waals surface area contributed by atoms with Gasteiger partial charge < -0.3 is 4.72 Å². The number of anilines is 1. The van der Waals surface area contributed by atoms with Crippen LogP contribution in [0.25, 0.3) is 0 Å². The minimum atomic E-state index is 0.138. The largest absolute Gasteiger partial charge is 0.308 e. The molecule has 11 heavy (non-hydrogen) atoms. The van der Waals surface area contributed by atoms with Crippen molar-refractivity contribution in [1.29, 1.82) is 0 Å². The van der Waals surface area contributed by atoms with Crippen molar-refractivity contribution in [2.24, 2.45) is 0 Å². The number of nitrogens with zero attached hydrogens (tertiary/aromatic N) is 1. The SMILES string of the molecule is CC(C)(C)c1csc(NS)n1. The summed E-state index contributed by atoms with van der Waals surface area (Å²) in [5.74, 6) is 0. The lowest BCUT2D eigenvalue weighted by atomic mass is 9.93. The standard InChI is InChI=1S/C7H12N2S2/c1-7(2,3)5-4-11-6(8-5)9-10/h4,10H,1-3H3,(H,8,9). The van der Waals surface area contributed by atoms with E-state index in [-0.39, 0.29) is 5.41 Å². The zero-order valence-corrected chi connectivity index (χ0v) is 8.59. The normalized spacial score (nSPS) is 11.6. The molecule has 0 radical (unpaired) electrons. The van der Waals surface area contributed by atoms with Gasteiger partial charge in [-0.3, -0.25) is 0 Å². The van der Waals surface area contributed by atoms with Gasteiger partial charge >= 0.3 is 0 Å². The monoisotopic (exact) mass is 188 g/mol. The first-order valence-electron chi connectivity index (χ1n) is 3.40. The molecule has 1 rings (SSSR count). The Labute approximate surface area is 76.6 Å². The van der Waals surface area contributed by atoms with Crippen molar-refractivity contribution in [3.8, 4) is 0 Å². The number of rotatable bonds is 1. The smallest absolute Gasteiger partial charge is 0.192 e. The fourth-order valence-corrected chi connectivity index (χ4v) is 1.71. The van der Waals surface area contributed by atoms with E-state index >= 15 is 0 Å². The van der Waals surface area contributed by atoms with Gasteiger partial charge in [0.15, 0.2) is 5.13 Å². The average Bonchev–Trinajstić information content (AvgIpc) is 2.32. The molecule has 2 nitrogen and oxygen atoms in total. The van der Waals surface area contributed by atoms with Gasteiger partial charge in [-0.1, -0.05) is 33.6 Å². The van der Waals surface area contributed by atoms with E-state index in [1.165, 1.54) is 0 Å². The maximum atomic E-state index is 4.33. The minimum Gasteiger partial charge on any atom is -0.308 e. The summed E-state index contributed by atoms with van der Waals surface area (Å²) in [4.78, 5) is 4.33. The van der Waals surface area contributed by atoms with Gasteiger partial charge in [0.1, 0.15) is 0 Å². The van der Waals surface area contributed by atoms with E-state index in [1.54, 1.807) is 11.3 Å². The van der Waals surface area contributed by atoms with Crippen LogP contribution in [-0.4, -0.2) is 4.98 Å². The van der Waals surface area contributed by atoms with Gasteiger partial charge in [0.2, 0.25) is 0 Å². The third-order valence-corrected chi connectivity index (χ3v) is 2.49. The number of thiol groups is 1. The lowest BCUT2D eigenvalue weighted by molar-refractivity contribution is 0.574. The Hall–Kier alpha value is -0.220. The second-order valence-corrected chi connectivity index (χ2v) is 4.48. The van der Waals surface area contributed by atoms with Crippen LogP contribution in [-0.2, 0) is 5.41 Å². The predicted molar refractivity (Wildman–Crippen MR) is 53.4 cm³/mol. The number of hydrogen-bond acceptors (Lipinski definition) is 4. The van der Waals surface area contributed by atoms with E-state index in [1.807, 2.05) is 0 Å². The molecule has 0 saturated heterocycles. The molecular formula is C7H12N2S2. The summed E-state index contributed by atoms with van der Waals surface area (Å²) in [6, 6.07) is 0. The molecule has 0 amide bonds. The highest BCUT2D eigenvalue weighted by molar-refractivity contribution is 7.81. The second-order valence-electron chi connectivity index (χ2n) is 3.40. The molecule has 1 N–H and O–H groups in total. The van der Waals surface area contributed by atoms with E-state index in [0.29, 0.717) is 0 Å². The fourth-order valence-electron chi connectivity index (χ4n) is 0.670. The third kappa shape index (κ3) is 2.10. The maximum absolute atomic E-state index is 4.33. The number of nitrogens with one attached hydrogen (secondary N) is 1. The van der Waals surface area contributed by atoms with E-state index in [2.05, 4.69) is 48.7 Å². The lowest BCUT2D eigenvalue weighted by Gasteiger charge is -2.13. The molecule has 0 fully saturated rings. The molecule has 0 aliphatic rings. The zero-order chi connectivity index (χ0) is 8.48. The Balaban J connectivity index is 2.89. The summed E-state index contributed by atoms with van der Waals surface area (Å²) in [5.41, 5.74) is 1.25. The van der Waals surface area contributed by atoms with Crippen molar-refractivity contribution in [2.45, 2.75) is 26.2 Å². The van der Waals surface area contributed by atoms with Crippen LogP contribution in [0.5, 0.6) is 0 Å². The first-order valence-corrected chi connectivity index (χ1v) is 4.73. The first kappa shape index (κ1) is 8.87. The molecule has 62 valence electrons. The van der Waals surface area contributed by atoms with Gasteiger partial charge in [0, 0.05) is 10.8 Å². The molecule has 0 aliphatic heterocycles. The summed E-state index contributed by atoms with van der Waals surface area (Å²) >= 11 is 5.49. The zero-order valence-electron chi connectivity index (χ0n) is 6.88. The third-order valence-electron chi connectivity index (χ3n) is 1.37. The molecule has 1 heterocycles. The Morgan fingerprint density at radius 3 is 2.45 bits per heavy atom. The molecule has 0 aliphatic carbocycles. The van der Waals surface area contributed by atoms with E-state index in [4.69, 9.17) is 0 Å².